The van der Waals surface area contributed by atoms with Crippen molar-refractivity contribution in [2.45, 2.75) is 12.8 Å². The maximum absolute atomic E-state index is 12.4. The Morgan fingerprint density at radius 3 is 2.79 bits per heavy atom. The summed E-state index contributed by atoms with van der Waals surface area (Å²) in [6.07, 6.45) is 4.11. The topological polar surface area (TPSA) is 49.0 Å². The van der Waals surface area contributed by atoms with Crippen LogP contribution in [-0.4, -0.2) is 34.6 Å². The molecule has 1 saturated carbocycles. The van der Waals surface area contributed by atoms with E-state index in [2.05, 4.69) is 10.2 Å². The molecule has 1 heterocycles. The highest BCUT2D eigenvalue weighted by molar-refractivity contribution is 5.99. The molecule has 0 bridgehead atoms. The van der Waals surface area contributed by atoms with Crippen molar-refractivity contribution in [3.63, 3.8) is 0 Å². The van der Waals surface area contributed by atoms with Crippen LogP contribution in [0.3, 0.4) is 0 Å². The minimum absolute atomic E-state index is 0.0412. The van der Waals surface area contributed by atoms with Crippen LogP contribution in [0.5, 0.6) is 0 Å². The highest BCUT2D eigenvalue weighted by Crippen LogP contribution is 2.30. The molecule has 4 heteroatoms. The molecule has 1 aliphatic rings. The Balaban J connectivity index is 1.85. The summed E-state index contributed by atoms with van der Waals surface area (Å²) in [6.45, 7) is 0.845. The van der Waals surface area contributed by atoms with Gasteiger partial charge in [0.15, 0.2) is 0 Å². The summed E-state index contributed by atoms with van der Waals surface area (Å²) in [5.74, 6) is 0.737. The van der Waals surface area contributed by atoms with Gasteiger partial charge in [-0.1, -0.05) is 30.3 Å². The molecule has 19 heavy (non-hydrogen) atoms. The van der Waals surface area contributed by atoms with E-state index >= 15 is 0 Å². The summed E-state index contributed by atoms with van der Waals surface area (Å²) in [6, 6.07) is 9.83. The largest absolute Gasteiger partial charge is 0.341 e. The molecule has 0 radical (unpaired) electrons. The van der Waals surface area contributed by atoms with Gasteiger partial charge in [-0.2, -0.15) is 5.10 Å². The minimum atomic E-state index is 0.0412. The smallest absolute Gasteiger partial charge is 0.257 e. The van der Waals surface area contributed by atoms with E-state index in [0.717, 1.165) is 17.8 Å². The predicted octanol–water partition coefficient (Wildman–Crippen LogP) is 2.56. The number of hydrogen-bond acceptors (Lipinski definition) is 2. The van der Waals surface area contributed by atoms with Gasteiger partial charge in [0.05, 0.1) is 17.5 Å². The molecule has 1 N–H and O–H groups in total. The predicted molar refractivity (Wildman–Crippen MR) is 73.7 cm³/mol. The number of nitrogens with one attached hydrogen (secondary N) is 1. The van der Waals surface area contributed by atoms with Crippen molar-refractivity contribution in [1.82, 2.24) is 15.1 Å². The third-order valence-corrected chi connectivity index (χ3v) is 3.51. The Morgan fingerprint density at radius 1 is 1.37 bits per heavy atom. The number of aromatic amines is 1. The number of benzene rings is 1. The molecule has 0 aliphatic heterocycles. The van der Waals surface area contributed by atoms with Gasteiger partial charge in [-0.25, -0.2) is 0 Å². The number of rotatable bonds is 4. The Kier molecular flexibility index (Phi) is 3.07. The lowest BCUT2D eigenvalue weighted by Crippen LogP contribution is -2.28. The molecule has 0 unspecified atom stereocenters. The van der Waals surface area contributed by atoms with Crippen LogP contribution in [0, 0.1) is 5.92 Å². The van der Waals surface area contributed by atoms with Gasteiger partial charge in [0.2, 0.25) is 0 Å². The Morgan fingerprint density at radius 2 is 2.11 bits per heavy atom. The van der Waals surface area contributed by atoms with Crippen molar-refractivity contribution in [2.24, 2.45) is 5.92 Å². The van der Waals surface area contributed by atoms with Crippen LogP contribution in [0.1, 0.15) is 23.2 Å². The van der Waals surface area contributed by atoms with Gasteiger partial charge in [0, 0.05) is 19.2 Å². The molecule has 0 saturated heterocycles. The Bertz CT molecular complexity index is 572. The number of nitrogens with zero attached hydrogens (tertiary/aromatic N) is 2. The minimum Gasteiger partial charge on any atom is -0.341 e. The van der Waals surface area contributed by atoms with Gasteiger partial charge in [-0.3, -0.25) is 9.89 Å². The monoisotopic (exact) mass is 255 g/mol. The van der Waals surface area contributed by atoms with E-state index in [1.54, 1.807) is 11.1 Å². The lowest BCUT2D eigenvalue weighted by atomic mass is 10.1. The number of H-pyrrole nitrogens is 1. The molecule has 98 valence electrons. The highest BCUT2D eigenvalue weighted by atomic mass is 16.2. The fourth-order valence-corrected chi connectivity index (χ4v) is 2.25. The molecule has 0 atom stereocenters. The quantitative estimate of drug-likeness (QED) is 0.912. The van der Waals surface area contributed by atoms with E-state index in [4.69, 9.17) is 0 Å². The van der Waals surface area contributed by atoms with Gasteiger partial charge in [-0.15, -0.1) is 0 Å². The highest BCUT2D eigenvalue weighted by Gasteiger charge is 2.26. The van der Waals surface area contributed by atoms with Crippen LogP contribution in [0.4, 0.5) is 0 Å². The van der Waals surface area contributed by atoms with E-state index in [-0.39, 0.29) is 5.91 Å². The lowest BCUT2D eigenvalue weighted by molar-refractivity contribution is 0.0789. The van der Waals surface area contributed by atoms with Crippen molar-refractivity contribution in [3.05, 3.63) is 42.1 Å². The van der Waals surface area contributed by atoms with Gasteiger partial charge in [0.25, 0.3) is 5.91 Å². The average Bonchev–Trinajstić information content (AvgIpc) is 3.12. The third-order valence-electron chi connectivity index (χ3n) is 3.51. The first-order valence-corrected chi connectivity index (χ1v) is 6.60. The van der Waals surface area contributed by atoms with Crippen LogP contribution in [0.2, 0.25) is 0 Å². The number of carbonyl (C=O) groups is 1. The SMILES string of the molecule is CN(CC1CC1)C(=O)c1cn[nH]c1-c1ccccc1. The van der Waals surface area contributed by atoms with Crippen molar-refractivity contribution in [2.75, 3.05) is 13.6 Å². The summed E-state index contributed by atoms with van der Waals surface area (Å²) in [4.78, 5) is 14.2. The molecule has 1 aromatic carbocycles. The molecule has 1 fully saturated rings. The molecule has 0 spiro atoms. The van der Waals surface area contributed by atoms with Gasteiger partial charge in [0.1, 0.15) is 0 Å². The molecule has 1 aromatic heterocycles. The van der Waals surface area contributed by atoms with Crippen molar-refractivity contribution < 1.29 is 4.79 Å². The molecular weight excluding hydrogens is 238 g/mol. The van der Waals surface area contributed by atoms with E-state index < -0.39 is 0 Å². The van der Waals surface area contributed by atoms with Crippen LogP contribution in [0.15, 0.2) is 36.5 Å². The lowest BCUT2D eigenvalue weighted by Gasteiger charge is -2.16. The van der Waals surface area contributed by atoms with E-state index in [9.17, 15) is 4.79 Å². The second-order valence-corrected chi connectivity index (χ2v) is 5.15. The second kappa shape index (κ2) is 4.88. The standard InChI is InChI=1S/C15H17N3O/c1-18(10-11-7-8-11)15(19)13-9-16-17-14(13)12-5-3-2-4-6-12/h2-6,9,11H,7-8,10H2,1H3,(H,16,17). The summed E-state index contributed by atoms with van der Waals surface area (Å²) in [5, 5.41) is 6.95. The average molecular weight is 255 g/mol. The summed E-state index contributed by atoms with van der Waals surface area (Å²) < 4.78 is 0. The first-order valence-electron chi connectivity index (χ1n) is 6.60. The first kappa shape index (κ1) is 12.0. The fraction of sp³-hybridized carbons (Fsp3) is 0.333. The zero-order valence-electron chi connectivity index (χ0n) is 11.0. The number of amides is 1. The Labute approximate surface area is 112 Å². The van der Waals surface area contributed by atoms with Crippen LogP contribution < -0.4 is 0 Å². The number of carbonyl (C=O) groups excluding carboxylic acids is 1. The van der Waals surface area contributed by atoms with Gasteiger partial charge in [-0.05, 0) is 18.8 Å². The van der Waals surface area contributed by atoms with Gasteiger partial charge >= 0.3 is 0 Å². The number of hydrogen-bond donors (Lipinski definition) is 1. The van der Waals surface area contributed by atoms with E-state index in [1.807, 2.05) is 37.4 Å². The van der Waals surface area contributed by atoms with E-state index in [0.29, 0.717) is 11.5 Å². The summed E-state index contributed by atoms with van der Waals surface area (Å²) >= 11 is 0. The zero-order chi connectivity index (χ0) is 13.2. The van der Waals surface area contributed by atoms with Crippen LogP contribution >= 0.6 is 0 Å². The van der Waals surface area contributed by atoms with Crippen LogP contribution in [0.25, 0.3) is 11.3 Å². The first-order chi connectivity index (χ1) is 9.25. The van der Waals surface area contributed by atoms with Crippen LogP contribution in [-0.2, 0) is 0 Å². The van der Waals surface area contributed by atoms with Crippen molar-refractivity contribution >= 4 is 5.91 Å². The molecule has 1 amide bonds. The Hall–Kier alpha value is -2.10. The maximum Gasteiger partial charge on any atom is 0.257 e. The second-order valence-electron chi connectivity index (χ2n) is 5.15. The molecule has 3 rings (SSSR count). The van der Waals surface area contributed by atoms with Crippen molar-refractivity contribution in [1.29, 1.82) is 0 Å². The summed E-state index contributed by atoms with van der Waals surface area (Å²) in [5.41, 5.74) is 2.44. The molecule has 2 aromatic rings. The summed E-state index contributed by atoms with van der Waals surface area (Å²) in [7, 11) is 1.86. The normalized spacial score (nSPS) is 14.4. The fourth-order valence-electron chi connectivity index (χ4n) is 2.25. The molecule has 1 aliphatic carbocycles. The van der Waals surface area contributed by atoms with Gasteiger partial charge < -0.3 is 4.90 Å². The maximum atomic E-state index is 12.4. The molecule has 4 nitrogen and oxygen atoms in total. The van der Waals surface area contributed by atoms with Crippen molar-refractivity contribution in [3.8, 4) is 11.3 Å². The zero-order valence-corrected chi connectivity index (χ0v) is 11.0. The molecular formula is C15H17N3O. The van der Waals surface area contributed by atoms with E-state index in [1.165, 1.54) is 12.8 Å². The third kappa shape index (κ3) is 2.52. The number of aromatic nitrogens is 2.